The Labute approximate surface area is 163 Å². The van der Waals surface area contributed by atoms with Gasteiger partial charge in [-0.3, -0.25) is 9.52 Å². The first-order valence-electron chi connectivity index (χ1n) is 8.11. The molecule has 0 saturated heterocycles. The average Bonchev–Trinajstić information content (AvgIpc) is 2.64. The summed E-state index contributed by atoms with van der Waals surface area (Å²) in [6, 6.07) is 19.7. The lowest BCUT2D eigenvalue weighted by atomic mass is 10.1. The van der Waals surface area contributed by atoms with Crippen LogP contribution in [0.5, 0.6) is 0 Å². The second kappa shape index (κ2) is 7.82. The van der Waals surface area contributed by atoms with Crippen LogP contribution in [-0.4, -0.2) is 14.3 Å². The molecule has 0 heterocycles. The fraction of sp³-hybridized carbons (Fsp3) is 0.0500. The van der Waals surface area contributed by atoms with Crippen LogP contribution in [0.25, 0.3) is 0 Å². The minimum atomic E-state index is -3.79. The van der Waals surface area contributed by atoms with E-state index in [-0.39, 0.29) is 10.8 Å². The van der Waals surface area contributed by atoms with Gasteiger partial charge in [0.15, 0.2) is 0 Å². The maximum Gasteiger partial charge on any atom is 0.261 e. The van der Waals surface area contributed by atoms with Crippen molar-refractivity contribution in [2.24, 2.45) is 0 Å². The van der Waals surface area contributed by atoms with Crippen LogP contribution in [0.3, 0.4) is 0 Å². The largest absolute Gasteiger partial charge is 0.322 e. The predicted octanol–water partition coefficient (Wildman–Crippen LogP) is 4.70. The molecule has 0 radical (unpaired) electrons. The second-order valence-electron chi connectivity index (χ2n) is 5.88. The minimum Gasteiger partial charge on any atom is -0.322 e. The number of anilines is 2. The summed E-state index contributed by atoms with van der Waals surface area (Å²) < 4.78 is 27.4. The lowest BCUT2D eigenvalue weighted by Gasteiger charge is -2.11. The fourth-order valence-electron chi connectivity index (χ4n) is 2.49. The van der Waals surface area contributed by atoms with Gasteiger partial charge in [-0.25, -0.2) is 8.42 Å². The van der Waals surface area contributed by atoms with Gasteiger partial charge in [-0.2, -0.15) is 0 Å². The fourth-order valence-corrected chi connectivity index (χ4v) is 3.81. The minimum absolute atomic E-state index is 0.0660. The molecule has 0 aliphatic rings. The summed E-state index contributed by atoms with van der Waals surface area (Å²) in [6.07, 6.45) is 0. The zero-order valence-electron chi connectivity index (χ0n) is 14.4. The number of aryl methyl sites for hydroxylation is 1. The van der Waals surface area contributed by atoms with E-state index in [2.05, 4.69) is 10.0 Å². The zero-order chi connectivity index (χ0) is 19.4. The Balaban J connectivity index is 1.76. The van der Waals surface area contributed by atoms with E-state index in [1.54, 1.807) is 36.4 Å². The number of sulfonamides is 1. The summed E-state index contributed by atoms with van der Waals surface area (Å²) in [6.45, 7) is 1.85. The molecule has 27 heavy (non-hydrogen) atoms. The SMILES string of the molecule is Cc1ccccc1C(=O)Nc1ccc(S(=O)(=O)Nc2ccccc2Cl)cc1. The van der Waals surface area contributed by atoms with E-state index in [9.17, 15) is 13.2 Å². The van der Waals surface area contributed by atoms with Crippen molar-refractivity contribution >= 4 is 38.9 Å². The summed E-state index contributed by atoms with van der Waals surface area (Å²) in [5, 5.41) is 3.07. The topological polar surface area (TPSA) is 75.3 Å². The number of amides is 1. The molecule has 0 aliphatic carbocycles. The van der Waals surface area contributed by atoms with Gasteiger partial charge >= 0.3 is 0 Å². The first-order valence-corrected chi connectivity index (χ1v) is 9.97. The summed E-state index contributed by atoms with van der Waals surface area (Å²) in [5.74, 6) is -0.252. The highest BCUT2D eigenvalue weighted by atomic mass is 35.5. The predicted molar refractivity (Wildman–Crippen MR) is 108 cm³/mol. The van der Waals surface area contributed by atoms with Crippen molar-refractivity contribution in [1.82, 2.24) is 0 Å². The first-order chi connectivity index (χ1) is 12.9. The van der Waals surface area contributed by atoms with E-state index in [1.165, 1.54) is 24.3 Å². The standard InChI is InChI=1S/C20H17ClN2O3S/c1-14-6-2-3-7-17(14)20(24)22-15-10-12-16(13-11-15)27(25,26)23-19-9-5-4-8-18(19)21/h2-13,23H,1H3,(H,22,24). The van der Waals surface area contributed by atoms with E-state index < -0.39 is 10.0 Å². The third kappa shape index (κ3) is 4.48. The van der Waals surface area contributed by atoms with Gasteiger partial charge in [0.25, 0.3) is 15.9 Å². The van der Waals surface area contributed by atoms with E-state index in [0.29, 0.717) is 22.0 Å². The van der Waals surface area contributed by atoms with Crippen molar-refractivity contribution < 1.29 is 13.2 Å². The van der Waals surface area contributed by atoms with Crippen LogP contribution in [0.1, 0.15) is 15.9 Å². The van der Waals surface area contributed by atoms with E-state index >= 15 is 0 Å². The first kappa shape index (κ1) is 18.9. The summed E-state index contributed by atoms with van der Waals surface area (Å²) in [4.78, 5) is 12.4. The molecule has 7 heteroatoms. The molecular formula is C20H17ClN2O3S. The van der Waals surface area contributed by atoms with Crippen LogP contribution in [0.15, 0.2) is 77.7 Å². The molecule has 0 saturated carbocycles. The molecule has 0 unspecified atom stereocenters. The smallest absolute Gasteiger partial charge is 0.261 e. The lowest BCUT2D eigenvalue weighted by Crippen LogP contribution is -2.15. The maximum atomic E-state index is 12.5. The van der Waals surface area contributed by atoms with Crippen LogP contribution in [0.2, 0.25) is 5.02 Å². The van der Waals surface area contributed by atoms with Crippen molar-refractivity contribution in [2.75, 3.05) is 10.0 Å². The summed E-state index contributed by atoms with van der Waals surface area (Å²) in [5.41, 5.74) is 2.23. The summed E-state index contributed by atoms with van der Waals surface area (Å²) in [7, 11) is -3.79. The third-order valence-electron chi connectivity index (χ3n) is 3.93. The Bertz CT molecular complexity index is 1080. The third-order valence-corrected chi connectivity index (χ3v) is 5.64. The number of halogens is 1. The van der Waals surface area contributed by atoms with E-state index in [4.69, 9.17) is 11.6 Å². The van der Waals surface area contributed by atoms with Crippen molar-refractivity contribution in [3.63, 3.8) is 0 Å². The maximum absolute atomic E-state index is 12.5. The Morgan fingerprint density at radius 1 is 0.889 bits per heavy atom. The number of carbonyl (C=O) groups excluding carboxylic acids is 1. The van der Waals surface area contributed by atoms with Gasteiger partial charge in [0.2, 0.25) is 0 Å². The molecule has 5 nitrogen and oxygen atoms in total. The molecule has 0 aromatic heterocycles. The van der Waals surface area contributed by atoms with Crippen LogP contribution < -0.4 is 10.0 Å². The molecule has 0 atom stereocenters. The number of carbonyl (C=O) groups is 1. The summed E-state index contributed by atoms with van der Waals surface area (Å²) >= 11 is 6.00. The number of para-hydroxylation sites is 1. The Kier molecular flexibility index (Phi) is 5.48. The highest BCUT2D eigenvalue weighted by molar-refractivity contribution is 7.92. The van der Waals surface area contributed by atoms with Crippen molar-refractivity contribution in [3.05, 3.63) is 88.9 Å². The molecule has 138 valence electrons. The number of benzene rings is 3. The van der Waals surface area contributed by atoms with Gasteiger partial charge in [0.05, 0.1) is 15.6 Å². The van der Waals surface area contributed by atoms with Crippen molar-refractivity contribution in [3.8, 4) is 0 Å². The lowest BCUT2D eigenvalue weighted by molar-refractivity contribution is 0.102. The molecule has 0 aliphatic heterocycles. The van der Waals surface area contributed by atoms with Crippen molar-refractivity contribution in [2.45, 2.75) is 11.8 Å². The normalized spacial score (nSPS) is 11.0. The molecular weight excluding hydrogens is 384 g/mol. The molecule has 0 fully saturated rings. The Morgan fingerprint density at radius 3 is 2.19 bits per heavy atom. The Morgan fingerprint density at radius 2 is 1.52 bits per heavy atom. The van der Waals surface area contributed by atoms with Gasteiger partial charge in [-0.05, 0) is 55.0 Å². The highest BCUT2D eigenvalue weighted by Crippen LogP contribution is 2.24. The van der Waals surface area contributed by atoms with Crippen LogP contribution in [0.4, 0.5) is 11.4 Å². The van der Waals surface area contributed by atoms with Crippen LogP contribution >= 0.6 is 11.6 Å². The van der Waals surface area contributed by atoms with E-state index in [0.717, 1.165) is 5.56 Å². The number of hydrogen-bond acceptors (Lipinski definition) is 3. The molecule has 3 rings (SSSR count). The van der Waals surface area contributed by atoms with Crippen LogP contribution in [-0.2, 0) is 10.0 Å². The molecule has 3 aromatic carbocycles. The van der Waals surface area contributed by atoms with Crippen LogP contribution in [0, 0.1) is 6.92 Å². The molecule has 3 aromatic rings. The number of rotatable bonds is 5. The number of hydrogen-bond donors (Lipinski definition) is 2. The van der Waals surface area contributed by atoms with Gasteiger partial charge in [0.1, 0.15) is 0 Å². The number of nitrogens with one attached hydrogen (secondary N) is 2. The molecule has 0 spiro atoms. The Hall–Kier alpha value is -2.83. The zero-order valence-corrected chi connectivity index (χ0v) is 16.0. The second-order valence-corrected chi connectivity index (χ2v) is 7.97. The van der Waals surface area contributed by atoms with Gasteiger partial charge in [0, 0.05) is 11.3 Å². The van der Waals surface area contributed by atoms with Gasteiger partial charge in [-0.1, -0.05) is 41.9 Å². The quantitative estimate of drug-likeness (QED) is 0.651. The van der Waals surface area contributed by atoms with Crippen molar-refractivity contribution in [1.29, 1.82) is 0 Å². The average molecular weight is 401 g/mol. The molecule has 1 amide bonds. The monoisotopic (exact) mass is 400 g/mol. The highest BCUT2D eigenvalue weighted by Gasteiger charge is 2.16. The van der Waals surface area contributed by atoms with E-state index in [1.807, 2.05) is 19.1 Å². The molecule has 0 bridgehead atoms. The van der Waals surface area contributed by atoms with Gasteiger partial charge in [-0.15, -0.1) is 0 Å². The van der Waals surface area contributed by atoms with Gasteiger partial charge < -0.3 is 5.32 Å². The molecule has 2 N–H and O–H groups in total.